The van der Waals surface area contributed by atoms with Crippen LogP contribution < -0.4 is 29.6 Å². The van der Waals surface area contributed by atoms with Crippen LogP contribution in [0.25, 0.3) is 21.8 Å². The zero-order chi connectivity index (χ0) is 21.4. The first-order chi connectivity index (χ1) is 13.5. The average molecular weight is 446 g/mol. The molecule has 1 amide bonds. The molecule has 0 spiro atoms. The normalized spacial score (nSPS) is 11.6. The van der Waals surface area contributed by atoms with E-state index in [1.54, 1.807) is 19.1 Å². The third-order valence-electron chi connectivity index (χ3n) is 3.91. The maximum atomic E-state index is 13.2. The number of carbonyl (C=O) groups is 1. The van der Waals surface area contributed by atoms with Gasteiger partial charge in [0.1, 0.15) is 15.8 Å². The van der Waals surface area contributed by atoms with Crippen molar-refractivity contribution >= 4 is 15.9 Å². The first-order valence-corrected chi connectivity index (χ1v) is 9.60. The molecule has 0 saturated heterocycles. The molecule has 0 unspecified atom stereocenters. The molecule has 3 rings (SSSR count). The number of carbonyl (C=O) groups excluding carboxylic acids is 1. The van der Waals surface area contributed by atoms with E-state index in [2.05, 4.69) is 14.7 Å². The molecular formula is C18H14F3N4NaO3S. The van der Waals surface area contributed by atoms with E-state index < -0.39 is 27.8 Å². The standard InChI is InChI=1S/C18H15F3N4O3S.Na/c1-11-15(4-3-9-22-11)17-23-16(18(19,20)21)10-25(17)13-5-7-14(8-6-13)29(27,28)24-12(2)26;/h3-10H,1-2H3,(H,24,26);/q;+1/p-1. The molecule has 3 aromatic rings. The molecule has 30 heavy (non-hydrogen) atoms. The van der Waals surface area contributed by atoms with Crippen molar-refractivity contribution in [2.24, 2.45) is 0 Å². The summed E-state index contributed by atoms with van der Waals surface area (Å²) in [6, 6.07) is 8.09. The molecule has 0 N–H and O–H groups in total. The number of hydrogen-bond donors (Lipinski definition) is 0. The van der Waals surface area contributed by atoms with Gasteiger partial charge in [-0.3, -0.25) is 9.55 Å². The van der Waals surface area contributed by atoms with Gasteiger partial charge >= 0.3 is 35.7 Å². The molecule has 1 aromatic carbocycles. The Morgan fingerprint density at radius 3 is 2.30 bits per heavy atom. The van der Waals surface area contributed by atoms with Crippen molar-refractivity contribution in [2.45, 2.75) is 24.9 Å². The molecule has 0 aliphatic rings. The van der Waals surface area contributed by atoms with Crippen LogP contribution in [0.2, 0.25) is 0 Å². The van der Waals surface area contributed by atoms with Gasteiger partial charge < -0.3 is 9.52 Å². The fourth-order valence-corrected chi connectivity index (χ4v) is 3.55. The second-order valence-electron chi connectivity index (χ2n) is 6.03. The minimum atomic E-state index is -4.67. The Morgan fingerprint density at radius 2 is 1.77 bits per heavy atom. The number of pyridine rings is 1. The predicted molar refractivity (Wildman–Crippen MR) is 97.8 cm³/mol. The summed E-state index contributed by atoms with van der Waals surface area (Å²) in [6.45, 7) is 2.64. The Hall–Kier alpha value is -2.21. The Morgan fingerprint density at radius 1 is 1.13 bits per heavy atom. The van der Waals surface area contributed by atoms with Crippen LogP contribution in [0.15, 0.2) is 53.7 Å². The van der Waals surface area contributed by atoms with Crippen LogP contribution in [0.3, 0.4) is 0 Å². The van der Waals surface area contributed by atoms with Crippen molar-refractivity contribution < 1.29 is 55.9 Å². The molecule has 2 heterocycles. The quantitative estimate of drug-likeness (QED) is 0.555. The van der Waals surface area contributed by atoms with Crippen LogP contribution >= 0.6 is 0 Å². The van der Waals surface area contributed by atoms with Crippen LogP contribution in [0.5, 0.6) is 0 Å². The van der Waals surface area contributed by atoms with Gasteiger partial charge in [-0.2, -0.15) is 13.2 Å². The van der Waals surface area contributed by atoms with Gasteiger partial charge in [-0.05, 0) is 50.2 Å². The number of nitrogens with zero attached hydrogens (tertiary/aromatic N) is 4. The average Bonchev–Trinajstić information content (AvgIpc) is 3.06. The summed E-state index contributed by atoms with van der Waals surface area (Å²) in [7, 11) is -4.18. The second kappa shape index (κ2) is 8.88. The van der Waals surface area contributed by atoms with Gasteiger partial charge in [-0.15, -0.1) is 0 Å². The van der Waals surface area contributed by atoms with Crippen LogP contribution in [0.1, 0.15) is 18.3 Å². The molecule has 0 aliphatic heterocycles. The zero-order valence-corrected chi connectivity index (χ0v) is 19.0. The SMILES string of the molecule is CC(=O)[N-]S(=O)(=O)c1ccc(-n2cc(C(F)(F)F)nc2-c2cccnc2C)cc1.[Na+]. The summed E-state index contributed by atoms with van der Waals surface area (Å²) >= 11 is 0. The number of aryl methyl sites for hydroxylation is 1. The minimum absolute atomic E-state index is 0. The largest absolute Gasteiger partial charge is 1.00 e. The third-order valence-corrected chi connectivity index (χ3v) is 5.27. The van der Waals surface area contributed by atoms with Crippen molar-refractivity contribution in [2.75, 3.05) is 0 Å². The Kier molecular flexibility index (Phi) is 7.12. The first-order valence-electron chi connectivity index (χ1n) is 8.16. The van der Waals surface area contributed by atoms with E-state index in [1.165, 1.54) is 22.9 Å². The fraction of sp³-hybridized carbons (Fsp3) is 0.167. The van der Waals surface area contributed by atoms with Crippen molar-refractivity contribution in [1.82, 2.24) is 14.5 Å². The summed E-state index contributed by atoms with van der Waals surface area (Å²) < 4.78 is 68.0. The number of hydrogen-bond acceptors (Lipinski definition) is 5. The molecule has 0 aliphatic carbocycles. The van der Waals surface area contributed by atoms with Crippen LogP contribution in [-0.2, 0) is 21.0 Å². The topological polar surface area (TPSA) is 96.0 Å². The molecule has 12 heteroatoms. The number of imidazole rings is 1. The molecule has 0 bridgehead atoms. The summed E-state index contributed by atoms with van der Waals surface area (Å²) in [4.78, 5) is 18.5. The van der Waals surface area contributed by atoms with E-state index in [0.717, 1.165) is 25.3 Å². The summed E-state index contributed by atoms with van der Waals surface area (Å²) in [5, 5.41) is 0. The summed E-state index contributed by atoms with van der Waals surface area (Å²) in [5.41, 5.74) is 0.0193. The number of rotatable bonds is 4. The maximum absolute atomic E-state index is 13.2. The number of benzene rings is 1. The van der Waals surface area contributed by atoms with E-state index in [0.29, 0.717) is 11.3 Å². The monoisotopic (exact) mass is 446 g/mol. The molecule has 0 atom stereocenters. The van der Waals surface area contributed by atoms with Crippen LogP contribution in [0.4, 0.5) is 13.2 Å². The van der Waals surface area contributed by atoms with Gasteiger partial charge in [0.15, 0.2) is 5.69 Å². The molecule has 7 nitrogen and oxygen atoms in total. The van der Waals surface area contributed by atoms with Crippen molar-refractivity contribution in [3.05, 3.63) is 64.9 Å². The van der Waals surface area contributed by atoms with Gasteiger partial charge in [-0.25, -0.2) is 13.4 Å². The molecule has 0 radical (unpaired) electrons. The minimum Gasteiger partial charge on any atom is -0.542 e. The number of aromatic nitrogens is 3. The van der Waals surface area contributed by atoms with Crippen molar-refractivity contribution in [3.63, 3.8) is 0 Å². The fourth-order valence-electron chi connectivity index (χ4n) is 2.62. The van der Waals surface area contributed by atoms with Gasteiger partial charge in [0.2, 0.25) is 0 Å². The number of amides is 1. The smallest absolute Gasteiger partial charge is 0.542 e. The Labute approximate surface area is 192 Å². The molecule has 2 aromatic heterocycles. The van der Waals surface area contributed by atoms with Crippen LogP contribution in [-0.4, -0.2) is 28.9 Å². The molecule has 152 valence electrons. The molecule has 0 fully saturated rings. The van der Waals surface area contributed by atoms with Crippen molar-refractivity contribution in [3.8, 4) is 17.1 Å². The van der Waals surface area contributed by atoms with E-state index in [9.17, 15) is 26.4 Å². The number of halogens is 3. The molecule has 0 saturated carbocycles. The van der Waals surface area contributed by atoms with E-state index in [1.807, 2.05) is 0 Å². The number of alkyl halides is 3. The third kappa shape index (κ3) is 5.09. The predicted octanol–water partition coefficient (Wildman–Crippen LogP) is 0.874. The van der Waals surface area contributed by atoms with Gasteiger partial charge in [0.05, 0.1) is 10.8 Å². The Bertz CT molecular complexity index is 1180. The molecular weight excluding hydrogens is 432 g/mol. The summed E-state index contributed by atoms with van der Waals surface area (Å²) in [5.74, 6) is -0.875. The van der Waals surface area contributed by atoms with Gasteiger partial charge in [-0.1, -0.05) is 0 Å². The maximum Gasteiger partial charge on any atom is 1.00 e. The van der Waals surface area contributed by atoms with Gasteiger partial charge in [0.25, 0.3) is 0 Å². The second-order valence-corrected chi connectivity index (χ2v) is 7.64. The van der Waals surface area contributed by atoms with Crippen molar-refractivity contribution in [1.29, 1.82) is 0 Å². The van der Waals surface area contributed by atoms with E-state index in [4.69, 9.17) is 0 Å². The number of sulfonamides is 1. The van der Waals surface area contributed by atoms with E-state index in [-0.39, 0.29) is 46.0 Å². The first kappa shape index (κ1) is 24.1. The van der Waals surface area contributed by atoms with Crippen LogP contribution in [0, 0.1) is 6.92 Å². The zero-order valence-electron chi connectivity index (χ0n) is 16.2. The summed E-state index contributed by atoms with van der Waals surface area (Å²) in [6.07, 6.45) is -2.33. The Balaban J connectivity index is 0.00000320. The van der Waals surface area contributed by atoms with Gasteiger partial charge in [0, 0.05) is 29.3 Å². The van der Waals surface area contributed by atoms with E-state index >= 15 is 0 Å².